The molecule has 3 aromatic carbocycles. The smallest absolute Gasteiger partial charge is 0.226 e. The molecule has 0 unspecified atom stereocenters. The van der Waals surface area contributed by atoms with E-state index in [0.717, 1.165) is 0 Å². The Morgan fingerprint density at radius 1 is 0.486 bits per heavy atom. The highest BCUT2D eigenvalue weighted by molar-refractivity contribution is 6.04. The normalized spacial score (nSPS) is 10.9. The van der Waals surface area contributed by atoms with E-state index in [0.29, 0.717) is 34.1 Å². The van der Waals surface area contributed by atoms with Crippen molar-refractivity contribution in [3.8, 4) is 0 Å². The van der Waals surface area contributed by atoms with E-state index in [-0.39, 0.29) is 35.5 Å². The van der Waals surface area contributed by atoms with E-state index in [1.807, 2.05) is 119 Å². The summed E-state index contributed by atoms with van der Waals surface area (Å²) >= 11 is 0. The van der Waals surface area contributed by atoms with Crippen molar-refractivity contribution in [1.29, 1.82) is 0 Å². The second-order valence-corrected chi connectivity index (χ2v) is 9.82. The van der Waals surface area contributed by atoms with Crippen LogP contribution in [0.3, 0.4) is 0 Å². The number of rotatable bonds is 9. The molecular weight excluding hydrogens is 464 g/mol. The fraction of sp³-hybridized carbons (Fsp3) is 0.300. The second-order valence-electron chi connectivity index (χ2n) is 9.82. The Bertz CT molecular complexity index is 1110. The lowest BCUT2D eigenvalue weighted by Gasteiger charge is -2.31. The van der Waals surface area contributed by atoms with Crippen molar-refractivity contribution in [2.24, 2.45) is 17.8 Å². The summed E-state index contributed by atoms with van der Waals surface area (Å²) in [5.41, 5.74) is 3.89. The van der Waals surface area contributed by atoms with Crippen LogP contribution in [-0.2, 0) is 14.4 Å². The maximum atomic E-state index is 12.7. The first-order valence-corrected chi connectivity index (χ1v) is 12.6. The van der Waals surface area contributed by atoms with Gasteiger partial charge in [-0.1, -0.05) is 77.9 Å². The first-order chi connectivity index (χ1) is 17.6. The SMILES string of the molecule is CC(C)C(=O)Nc1ccccc1N(c1ccccc1NC(=O)C(C)C)c1ccccc1NC(=O)C(C)C. The van der Waals surface area contributed by atoms with Crippen molar-refractivity contribution < 1.29 is 14.4 Å². The number of hydrogen-bond donors (Lipinski definition) is 3. The van der Waals surface area contributed by atoms with Crippen LogP contribution in [0.15, 0.2) is 72.8 Å². The fourth-order valence-electron chi connectivity index (χ4n) is 3.54. The van der Waals surface area contributed by atoms with Crippen LogP contribution in [0.1, 0.15) is 41.5 Å². The maximum Gasteiger partial charge on any atom is 0.226 e. The molecule has 3 amide bonds. The maximum absolute atomic E-state index is 12.7. The average Bonchev–Trinajstić information content (AvgIpc) is 2.86. The summed E-state index contributed by atoms with van der Waals surface area (Å²) in [6, 6.07) is 22.5. The minimum absolute atomic E-state index is 0.116. The molecule has 0 atom stereocenters. The zero-order chi connectivity index (χ0) is 27.1. The minimum Gasteiger partial charge on any atom is -0.324 e. The summed E-state index contributed by atoms with van der Waals surface area (Å²) in [6.45, 7) is 11.0. The van der Waals surface area contributed by atoms with Crippen LogP contribution in [0.2, 0.25) is 0 Å². The summed E-state index contributed by atoms with van der Waals surface area (Å²) in [4.78, 5) is 40.0. The van der Waals surface area contributed by atoms with Crippen molar-refractivity contribution in [2.45, 2.75) is 41.5 Å². The van der Waals surface area contributed by atoms with Crippen LogP contribution in [0.4, 0.5) is 34.1 Å². The highest BCUT2D eigenvalue weighted by Gasteiger charge is 2.24. The van der Waals surface area contributed by atoms with E-state index in [1.54, 1.807) is 0 Å². The molecule has 3 N–H and O–H groups in total. The molecule has 0 aliphatic rings. The number of carbonyl (C=O) groups excluding carboxylic acids is 3. The number of carbonyl (C=O) groups is 3. The number of amides is 3. The third-order valence-corrected chi connectivity index (χ3v) is 5.78. The third kappa shape index (κ3) is 6.76. The van der Waals surface area contributed by atoms with Gasteiger partial charge in [-0.25, -0.2) is 0 Å². The van der Waals surface area contributed by atoms with Gasteiger partial charge in [-0.3, -0.25) is 14.4 Å². The van der Waals surface area contributed by atoms with Gasteiger partial charge in [0.2, 0.25) is 17.7 Å². The lowest BCUT2D eigenvalue weighted by atomic mass is 10.1. The quantitative estimate of drug-likeness (QED) is 0.297. The van der Waals surface area contributed by atoms with E-state index < -0.39 is 0 Å². The van der Waals surface area contributed by atoms with Gasteiger partial charge < -0.3 is 20.9 Å². The van der Waals surface area contributed by atoms with Gasteiger partial charge in [0.05, 0.1) is 34.1 Å². The van der Waals surface area contributed by atoms with Gasteiger partial charge in [-0.15, -0.1) is 0 Å². The molecule has 0 heterocycles. The van der Waals surface area contributed by atoms with Crippen LogP contribution < -0.4 is 20.9 Å². The summed E-state index contributed by atoms with van der Waals surface area (Å²) < 4.78 is 0. The predicted molar refractivity (Wildman–Crippen MR) is 152 cm³/mol. The van der Waals surface area contributed by atoms with Gasteiger partial charge in [0.15, 0.2) is 0 Å². The van der Waals surface area contributed by atoms with E-state index in [1.165, 1.54) is 0 Å². The Hall–Kier alpha value is -4.13. The lowest BCUT2D eigenvalue weighted by Crippen LogP contribution is -2.24. The molecule has 0 radical (unpaired) electrons. The highest BCUT2D eigenvalue weighted by Crippen LogP contribution is 2.45. The summed E-state index contributed by atoms with van der Waals surface area (Å²) in [5.74, 6) is -0.981. The van der Waals surface area contributed by atoms with Crippen LogP contribution in [0, 0.1) is 17.8 Å². The molecule has 7 nitrogen and oxygen atoms in total. The Labute approximate surface area is 219 Å². The molecule has 7 heteroatoms. The Balaban J connectivity index is 2.26. The summed E-state index contributed by atoms with van der Waals surface area (Å²) in [7, 11) is 0. The molecule has 0 bridgehead atoms. The Morgan fingerprint density at radius 3 is 0.973 bits per heavy atom. The van der Waals surface area contributed by atoms with Crippen molar-refractivity contribution in [1.82, 2.24) is 0 Å². The van der Waals surface area contributed by atoms with E-state index in [4.69, 9.17) is 0 Å². The molecule has 0 saturated heterocycles. The largest absolute Gasteiger partial charge is 0.324 e. The molecule has 0 saturated carbocycles. The van der Waals surface area contributed by atoms with Gasteiger partial charge in [-0.05, 0) is 36.4 Å². The summed E-state index contributed by atoms with van der Waals surface area (Å²) in [6.07, 6.45) is 0. The number of nitrogens with zero attached hydrogens (tertiary/aromatic N) is 1. The number of benzene rings is 3. The standard InChI is InChI=1S/C30H36N4O3/c1-19(2)28(35)31-22-13-7-10-16-25(22)34(26-17-11-8-14-23(26)32-29(36)20(3)4)27-18-12-9-15-24(27)33-30(37)21(5)6/h7-21H,1-6H3,(H,31,35)(H,32,36)(H,33,37). The second kappa shape index (κ2) is 12.2. The summed E-state index contributed by atoms with van der Waals surface area (Å²) in [5, 5.41) is 9.09. The third-order valence-electron chi connectivity index (χ3n) is 5.78. The number of nitrogens with one attached hydrogen (secondary N) is 3. The minimum atomic E-state index is -0.211. The van der Waals surface area contributed by atoms with Crippen LogP contribution >= 0.6 is 0 Å². The molecule has 0 aliphatic heterocycles. The van der Waals surface area contributed by atoms with Gasteiger partial charge in [0, 0.05) is 17.8 Å². The van der Waals surface area contributed by atoms with Crippen molar-refractivity contribution in [2.75, 3.05) is 20.9 Å². The molecule has 0 aliphatic carbocycles. The van der Waals surface area contributed by atoms with E-state index >= 15 is 0 Å². The molecule has 0 spiro atoms. The number of para-hydroxylation sites is 6. The zero-order valence-corrected chi connectivity index (χ0v) is 22.3. The van der Waals surface area contributed by atoms with Gasteiger partial charge in [0.1, 0.15) is 0 Å². The Kier molecular flexibility index (Phi) is 9.06. The van der Waals surface area contributed by atoms with Gasteiger partial charge in [-0.2, -0.15) is 0 Å². The fourth-order valence-corrected chi connectivity index (χ4v) is 3.54. The topological polar surface area (TPSA) is 90.5 Å². The average molecular weight is 501 g/mol. The molecule has 194 valence electrons. The lowest BCUT2D eigenvalue weighted by molar-refractivity contribution is -0.119. The number of anilines is 6. The van der Waals surface area contributed by atoms with Crippen LogP contribution in [-0.4, -0.2) is 17.7 Å². The monoisotopic (exact) mass is 500 g/mol. The van der Waals surface area contributed by atoms with Gasteiger partial charge >= 0.3 is 0 Å². The molecule has 3 aromatic rings. The first kappa shape index (κ1) is 27.5. The van der Waals surface area contributed by atoms with Gasteiger partial charge in [0.25, 0.3) is 0 Å². The molecule has 0 fully saturated rings. The molecular formula is C30H36N4O3. The van der Waals surface area contributed by atoms with E-state index in [9.17, 15) is 14.4 Å². The van der Waals surface area contributed by atoms with Crippen molar-refractivity contribution in [3.63, 3.8) is 0 Å². The highest BCUT2D eigenvalue weighted by atomic mass is 16.2. The molecule has 0 aromatic heterocycles. The Morgan fingerprint density at radius 2 is 0.730 bits per heavy atom. The molecule has 3 rings (SSSR count). The van der Waals surface area contributed by atoms with Crippen molar-refractivity contribution in [3.05, 3.63) is 72.8 Å². The first-order valence-electron chi connectivity index (χ1n) is 12.6. The van der Waals surface area contributed by atoms with E-state index in [2.05, 4.69) is 16.0 Å². The molecule has 37 heavy (non-hydrogen) atoms. The zero-order valence-electron chi connectivity index (χ0n) is 22.3. The number of hydrogen-bond acceptors (Lipinski definition) is 4. The predicted octanol–water partition coefficient (Wildman–Crippen LogP) is 6.94. The van der Waals surface area contributed by atoms with Crippen molar-refractivity contribution >= 4 is 51.8 Å². The van der Waals surface area contributed by atoms with Crippen LogP contribution in [0.5, 0.6) is 0 Å². The van der Waals surface area contributed by atoms with Crippen LogP contribution in [0.25, 0.3) is 0 Å².